The molecular weight excluding hydrogens is 378 g/mol. The van der Waals surface area contributed by atoms with Gasteiger partial charge in [0.15, 0.2) is 16.7 Å². The zero-order valence-electron chi connectivity index (χ0n) is 15.7. The van der Waals surface area contributed by atoms with Crippen molar-refractivity contribution in [3.05, 3.63) is 42.0 Å². The molecule has 1 aliphatic heterocycles. The summed E-state index contributed by atoms with van der Waals surface area (Å²) in [6.07, 6.45) is 0. The van der Waals surface area contributed by atoms with Gasteiger partial charge in [0.1, 0.15) is 19.0 Å². The summed E-state index contributed by atoms with van der Waals surface area (Å²) >= 11 is 1.39. The minimum atomic E-state index is 0.0259. The van der Waals surface area contributed by atoms with E-state index >= 15 is 0 Å². The summed E-state index contributed by atoms with van der Waals surface area (Å²) in [5.74, 6) is 2.58. The third kappa shape index (κ3) is 4.01. The highest BCUT2D eigenvalue weighted by atomic mass is 32.2. The molecule has 0 spiro atoms. The van der Waals surface area contributed by atoms with Gasteiger partial charge in [-0.1, -0.05) is 17.8 Å². The zero-order valence-corrected chi connectivity index (χ0v) is 16.5. The number of carbonyl (C=O) groups is 1. The van der Waals surface area contributed by atoms with Crippen LogP contribution in [0.15, 0.2) is 41.6 Å². The van der Waals surface area contributed by atoms with E-state index in [9.17, 15) is 4.79 Å². The minimum Gasteiger partial charge on any atom is -0.497 e. The van der Waals surface area contributed by atoms with Crippen molar-refractivity contribution in [2.24, 2.45) is 0 Å². The van der Waals surface area contributed by atoms with Gasteiger partial charge in [0.25, 0.3) is 0 Å². The first-order chi connectivity index (χ1) is 13.6. The molecule has 0 atom stereocenters. The van der Waals surface area contributed by atoms with E-state index in [2.05, 4.69) is 9.97 Å². The fourth-order valence-electron chi connectivity index (χ4n) is 2.95. The first kappa shape index (κ1) is 18.5. The van der Waals surface area contributed by atoms with Crippen LogP contribution in [0, 0.1) is 0 Å². The molecule has 2 heterocycles. The largest absolute Gasteiger partial charge is 0.497 e. The maximum Gasteiger partial charge on any atom is 0.233 e. The Balaban J connectivity index is 1.35. The van der Waals surface area contributed by atoms with Crippen molar-refractivity contribution >= 4 is 28.7 Å². The number of aromatic amines is 1. The van der Waals surface area contributed by atoms with Gasteiger partial charge in [0.05, 0.1) is 23.9 Å². The second-order valence-electron chi connectivity index (χ2n) is 6.44. The highest BCUT2D eigenvalue weighted by Gasteiger charge is 2.15. The number of aromatic nitrogens is 2. The van der Waals surface area contributed by atoms with E-state index in [1.54, 1.807) is 19.1 Å². The van der Waals surface area contributed by atoms with Crippen molar-refractivity contribution in [3.8, 4) is 17.2 Å². The first-order valence-corrected chi connectivity index (χ1v) is 9.90. The number of H-pyrrole nitrogens is 1. The van der Waals surface area contributed by atoms with Crippen molar-refractivity contribution in [3.63, 3.8) is 0 Å². The Morgan fingerprint density at radius 3 is 2.86 bits per heavy atom. The van der Waals surface area contributed by atoms with Crippen molar-refractivity contribution in [2.45, 2.75) is 11.7 Å². The third-order valence-corrected chi connectivity index (χ3v) is 5.31. The first-order valence-electron chi connectivity index (χ1n) is 8.91. The Morgan fingerprint density at radius 1 is 1.21 bits per heavy atom. The van der Waals surface area contributed by atoms with Gasteiger partial charge in [0, 0.05) is 19.7 Å². The van der Waals surface area contributed by atoms with E-state index in [0.29, 0.717) is 30.7 Å². The lowest BCUT2D eigenvalue weighted by atomic mass is 10.2. The molecule has 0 bridgehead atoms. The van der Waals surface area contributed by atoms with Gasteiger partial charge in [-0.15, -0.1) is 0 Å². The van der Waals surface area contributed by atoms with Crippen LogP contribution in [0.3, 0.4) is 0 Å². The number of nitrogens with zero attached hydrogens (tertiary/aromatic N) is 2. The van der Waals surface area contributed by atoms with E-state index in [4.69, 9.17) is 14.2 Å². The molecule has 0 aliphatic carbocycles. The molecule has 4 rings (SSSR count). The van der Waals surface area contributed by atoms with Gasteiger partial charge in [-0.05, 0) is 29.8 Å². The molecule has 146 valence electrons. The average Bonchev–Trinajstić information content (AvgIpc) is 3.13. The van der Waals surface area contributed by atoms with Gasteiger partial charge in [-0.3, -0.25) is 4.79 Å². The van der Waals surface area contributed by atoms with Crippen LogP contribution < -0.4 is 14.2 Å². The number of nitrogens with one attached hydrogen (secondary N) is 1. The number of imidazole rings is 1. The highest BCUT2D eigenvalue weighted by molar-refractivity contribution is 7.99. The number of hydrogen-bond acceptors (Lipinski definition) is 6. The predicted octanol–water partition coefficient (Wildman–Crippen LogP) is 3.09. The summed E-state index contributed by atoms with van der Waals surface area (Å²) in [6, 6.07) is 11.4. The number of hydrogen-bond donors (Lipinski definition) is 1. The van der Waals surface area contributed by atoms with E-state index in [1.807, 2.05) is 36.4 Å². The Bertz CT molecular complexity index is 1000. The fourth-order valence-corrected chi connectivity index (χ4v) is 3.77. The molecule has 28 heavy (non-hydrogen) atoms. The molecule has 8 heteroatoms. The lowest BCUT2D eigenvalue weighted by Gasteiger charge is -2.21. The van der Waals surface area contributed by atoms with Crippen molar-refractivity contribution < 1.29 is 19.0 Å². The van der Waals surface area contributed by atoms with Gasteiger partial charge >= 0.3 is 0 Å². The number of ether oxygens (including phenoxy) is 3. The normalized spacial score (nSPS) is 12.8. The quantitative estimate of drug-likeness (QED) is 0.642. The highest BCUT2D eigenvalue weighted by Crippen LogP contribution is 2.31. The monoisotopic (exact) mass is 399 g/mol. The van der Waals surface area contributed by atoms with E-state index in [0.717, 1.165) is 33.8 Å². The Morgan fingerprint density at radius 2 is 2.04 bits per heavy atom. The van der Waals surface area contributed by atoms with Crippen molar-refractivity contribution in [1.29, 1.82) is 0 Å². The molecule has 1 aliphatic rings. The topological polar surface area (TPSA) is 76.7 Å². The molecule has 3 aromatic rings. The summed E-state index contributed by atoms with van der Waals surface area (Å²) in [5.41, 5.74) is 2.74. The van der Waals surface area contributed by atoms with Crippen LogP contribution in [-0.2, 0) is 11.3 Å². The minimum absolute atomic E-state index is 0.0259. The number of benzene rings is 2. The van der Waals surface area contributed by atoms with Crippen LogP contribution in [0.25, 0.3) is 11.0 Å². The molecule has 0 saturated heterocycles. The summed E-state index contributed by atoms with van der Waals surface area (Å²) in [4.78, 5) is 21.9. The number of fused-ring (bicyclic) bond motifs is 2. The van der Waals surface area contributed by atoms with Gasteiger partial charge in [-0.2, -0.15) is 0 Å². The molecule has 7 nitrogen and oxygen atoms in total. The predicted molar refractivity (Wildman–Crippen MR) is 107 cm³/mol. The molecule has 0 saturated carbocycles. The summed E-state index contributed by atoms with van der Waals surface area (Å²) < 4.78 is 16.4. The number of carbonyl (C=O) groups excluding carboxylic acids is 1. The summed E-state index contributed by atoms with van der Waals surface area (Å²) in [6.45, 7) is 1.62. The average molecular weight is 399 g/mol. The third-order valence-electron chi connectivity index (χ3n) is 4.45. The molecule has 1 aromatic heterocycles. The number of amides is 1. The van der Waals surface area contributed by atoms with Gasteiger partial charge in [-0.25, -0.2) is 4.98 Å². The summed E-state index contributed by atoms with van der Waals surface area (Å²) in [7, 11) is 3.42. The smallest absolute Gasteiger partial charge is 0.233 e. The van der Waals surface area contributed by atoms with Crippen molar-refractivity contribution in [1.82, 2.24) is 14.9 Å². The second-order valence-corrected chi connectivity index (χ2v) is 7.41. The lowest BCUT2D eigenvalue weighted by Crippen LogP contribution is -2.28. The van der Waals surface area contributed by atoms with Gasteiger partial charge in [0.2, 0.25) is 5.91 Å². The standard InChI is InChI=1S/C20H21N3O4S/c1-23(11-13-3-6-17-18(9-13)27-8-7-26-17)19(24)12-28-20-21-15-5-4-14(25-2)10-16(15)22-20/h3-6,9-10H,7-8,11-12H2,1-2H3,(H,21,22). The fraction of sp³-hybridized carbons (Fsp3) is 0.300. The summed E-state index contributed by atoms with van der Waals surface area (Å²) in [5, 5.41) is 0.712. The Kier molecular flexibility index (Phi) is 5.29. The SMILES string of the molecule is COc1ccc2nc(SCC(=O)N(C)Cc3ccc4c(c3)OCCO4)[nH]c2c1. The molecule has 0 fully saturated rings. The maximum atomic E-state index is 12.5. The molecule has 1 amide bonds. The van der Waals surface area contributed by atoms with Crippen LogP contribution in [-0.4, -0.2) is 53.9 Å². The molecule has 2 aromatic carbocycles. The van der Waals surface area contributed by atoms with Crippen LogP contribution >= 0.6 is 11.8 Å². The van der Waals surface area contributed by atoms with Crippen LogP contribution in [0.4, 0.5) is 0 Å². The number of rotatable bonds is 6. The molecule has 1 N–H and O–H groups in total. The van der Waals surface area contributed by atoms with Crippen LogP contribution in [0.1, 0.15) is 5.56 Å². The molecule has 0 radical (unpaired) electrons. The van der Waals surface area contributed by atoms with Crippen molar-refractivity contribution in [2.75, 3.05) is 33.1 Å². The second kappa shape index (κ2) is 8.02. The number of methoxy groups -OCH3 is 1. The lowest BCUT2D eigenvalue weighted by molar-refractivity contribution is -0.127. The van der Waals surface area contributed by atoms with Crippen LogP contribution in [0.2, 0.25) is 0 Å². The van der Waals surface area contributed by atoms with E-state index < -0.39 is 0 Å². The zero-order chi connectivity index (χ0) is 19.5. The molecular formula is C20H21N3O4S. The molecule has 0 unspecified atom stereocenters. The van der Waals surface area contributed by atoms with Crippen LogP contribution in [0.5, 0.6) is 17.2 Å². The Labute approximate surface area is 167 Å². The van der Waals surface area contributed by atoms with E-state index in [1.165, 1.54) is 11.8 Å². The Hall–Kier alpha value is -2.87. The van der Waals surface area contributed by atoms with E-state index in [-0.39, 0.29) is 5.91 Å². The maximum absolute atomic E-state index is 12.5. The number of thioether (sulfide) groups is 1. The van der Waals surface area contributed by atoms with Gasteiger partial charge < -0.3 is 24.1 Å².